The van der Waals surface area contributed by atoms with Crippen LogP contribution in [-0.4, -0.2) is 33.0 Å². The van der Waals surface area contributed by atoms with Gasteiger partial charge in [-0.25, -0.2) is 0 Å². The second kappa shape index (κ2) is 7.35. The second-order valence-corrected chi connectivity index (χ2v) is 8.82. The van der Waals surface area contributed by atoms with Gasteiger partial charge in [-0.05, 0) is 40.3 Å². The normalized spacial score (nSPS) is 17.3. The molecule has 9 heteroatoms. The van der Waals surface area contributed by atoms with E-state index in [-0.39, 0.29) is 10.9 Å². The number of hydrogen-bond donors (Lipinski definition) is 0. The van der Waals surface area contributed by atoms with Crippen LogP contribution >= 0.6 is 11.8 Å². The van der Waals surface area contributed by atoms with E-state index < -0.39 is 27.1 Å². The fraction of sp³-hybridized carbons (Fsp3) is 0.227. The molecule has 31 heavy (non-hydrogen) atoms. The van der Waals surface area contributed by atoms with Gasteiger partial charge in [0.05, 0.1) is 21.5 Å². The molecule has 0 N–H and O–H groups in total. The van der Waals surface area contributed by atoms with Crippen LogP contribution in [0.4, 0.5) is 11.4 Å². The minimum absolute atomic E-state index is 0.0423. The Bertz CT molecular complexity index is 1230. The summed E-state index contributed by atoms with van der Waals surface area (Å²) in [5.41, 5.74) is 2.67. The summed E-state index contributed by atoms with van der Waals surface area (Å²) in [5, 5.41) is 24.6. The highest BCUT2D eigenvalue weighted by Gasteiger charge is 2.34. The molecule has 1 aliphatic carbocycles. The summed E-state index contributed by atoms with van der Waals surface area (Å²) < 4.78 is 0. The number of thioether (sulfide) groups is 1. The molecule has 156 valence electrons. The number of carbonyl (C=O) groups excluding carboxylic acids is 1. The Labute approximate surface area is 181 Å². The molecule has 8 nitrogen and oxygen atoms in total. The highest BCUT2D eigenvalue weighted by Crippen LogP contribution is 2.44. The molecule has 2 aliphatic rings. The number of aryl methyl sites for hydroxylation is 2. The summed E-state index contributed by atoms with van der Waals surface area (Å²) in [7, 11) is 0. The molecule has 1 saturated heterocycles. The number of hydrogen-bond acceptors (Lipinski definition) is 6. The van der Waals surface area contributed by atoms with Gasteiger partial charge in [-0.15, -0.1) is 11.8 Å². The Morgan fingerprint density at radius 2 is 1.65 bits per heavy atom. The van der Waals surface area contributed by atoms with Gasteiger partial charge in [-0.2, -0.15) is 0 Å². The molecule has 0 saturated carbocycles. The first-order chi connectivity index (χ1) is 14.9. The van der Waals surface area contributed by atoms with Crippen molar-refractivity contribution in [2.45, 2.75) is 18.2 Å². The number of nitrogens with zero attached hydrogens (tertiary/aromatic N) is 3. The highest BCUT2D eigenvalue weighted by molar-refractivity contribution is 7.99. The van der Waals surface area contributed by atoms with Gasteiger partial charge in [0.2, 0.25) is 0 Å². The van der Waals surface area contributed by atoms with Gasteiger partial charge in [-0.1, -0.05) is 30.3 Å². The molecule has 1 atom stereocenters. The first-order valence-electron chi connectivity index (χ1n) is 9.84. The van der Waals surface area contributed by atoms with E-state index in [4.69, 9.17) is 0 Å². The van der Waals surface area contributed by atoms with Gasteiger partial charge < -0.3 is 4.90 Å². The quantitative estimate of drug-likeness (QED) is 0.436. The van der Waals surface area contributed by atoms with Crippen molar-refractivity contribution in [3.05, 3.63) is 91.0 Å². The molecular formula is C22H17N3O5S. The maximum absolute atomic E-state index is 13.3. The average molecular weight is 435 g/mol. The van der Waals surface area contributed by atoms with E-state index in [1.165, 1.54) is 16.5 Å². The van der Waals surface area contributed by atoms with E-state index in [1.54, 1.807) is 16.7 Å². The van der Waals surface area contributed by atoms with E-state index >= 15 is 0 Å². The summed E-state index contributed by atoms with van der Waals surface area (Å²) in [6, 6.07) is 13.5. The van der Waals surface area contributed by atoms with Gasteiger partial charge in [0.15, 0.2) is 0 Å². The Morgan fingerprint density at radius 3 is 2.32 bits per heavy atom. The van der Waals surface area contributed by atoms with Crippen molar-refractivity contribution in [3.8, 4) is 0 Å². The predicted molar refractivity (Wildman–Crippen MR) is 117 cm³/mol. The van der Waals surface area contributed by atoms with Crippen LogP contribution in [0.25, 0.3) is 10.8 Å². The molecule has 1 aliphatic heterocycles. The zero-order valence-corrected chi connectivity index (χ0v) is 17.1. The summed E-state index contributed by atoms with van der Waals surface area (Å²) in [6.07, 6.45) is 2.02. The monoisotopic (exact) mass is 435 g/mol. The van der Waals surface area contributed by atoms with Gasteiger partial charge in [0, 0.05) is 24.4 Å². The largest absolute Gasteiger partial charge is 0.322 e. The van der Waals surface area contributed by atoms with E-state index in [2.05, 4.69) is 24.3 Å². The smallest absolute Gasteiger partial charge is 0.277 e. The maximum atomic E-state index is 13.3. The summed E-state index contributed by atoms with van der Waals surface area (Å²) >= 11 is 1.63. The lowest BCUT2D eigenvalue weighted by Gasteiger charge is -2.25. The molecule has 3 aromatic rings. The van der Waals surface area contributed by atoms with Crippen LogP contribution in [0, 0.1) is 20.2 Å². The minimum Gasteiger partial charge on any atom is -0.322 e. The average Bonchev–Trinajstić information content (AvgIpc) is 3.42. The van der Waals surface area contributed by atoms with Crippen molar-refractivity contribution in [2.75, 3.05) is 12.3 Å². The topological polar surface area (TPSA) is 107 Å². The van der Waals surface area contributed by atoms with Crippen molar-refractivity contribution in [2.24, 2.45) is 0 Å². The Balaban J connectivity index is 1.57. The zero-order valence-electron chi connectivity index (χ0n) is 16.3. The summed E-state index contributed by atoms with van der Waals surface area (Å²) in [5.74, 6) is 0.279. The van der Waals surface area contributed by atoms with Gasteiger partial charge >= 0.3 is 0 Å². The van der Waals surface area contributed by atoms with E-state index in [1.807, 2.05) is 6.07 Å². The molecule has 3 aromatic carbocycles. The number of carbonyl (C=O) groups is 1. The first kappa shape index (κ1) is 19.5. The van der Waals surface area contributed by atoms with Crippen molar-refractivity contribution in [3.63, 3.8) is 0 Å². The third-order valence-corrected chi connectivity index (χ3v) is 7.14. The fourth-order valence-corrected chi connectivity index (χ4v) is 5.81. The molecular weight excluding hydrogens is 418 g/mol. The van der Waals surface area contributed by atoms with Crippen LogP contribution in [0.15, 0.2) is 48.5 Å². The first-order valence-corrected chi connectivity index (χ1v) is 10.9. The summed E-state index contributed by atoms with van der Waals surface area (Å²) in [4.78, 5) is 36.0. The highest BCUT2D eigenvalue weighted by atomic mass is 32.2. The van der Waals surface area contributed by atoms with Crippen molar-refractivity contribution < 1.29 is 14.6 Å². The molecule has 0 spiro atoms. The van der Waals surface area contributed by atoms with Crippen LogP contribution < -0.4 is 0 Å². The molecule has 0 radical (unpaired) electrons. The minimum atomic E-state index is -0.719. The van der Waals surface area contributed by atoms with Crippen LogP contribution in [-0.2, 0) is 12.8 Å². The summed E-state index contributed by atoms with van der Waals surface area (Å²) in [6.45, 7) is 0.466. The lowest BCUT2D eigenvalue weighted by Crippen LogP contribution is -2.30. The third-order valence-electron chi connectivity index (χ3n) is 5.90. The number of nitro benzene ring substituents is 2. The number of benzene rings is 3. The lowest BCUT2D eigenvalue weighted by atomic mass is 9.99. The number of amides is 1. The van der Waals surface area contributed by atoms with Crippen LogP contribution in [0.5, 0.6) is 0 Å². The standard InChI is InChI=1S/C22H17N3O5S/c26-21(15-10-16(24(27)28)12-17(11-15)25(29)30)23-8-9-31-22(23)19-7-6-14-5-4-13-2-1-3-18(19)20(13)14/h1-3,6-7,10-12,22H,4-5,8-9H2. The molecule has 1 unspecified atom stereocenters. The molecule has 1 fully saturated rings. The van der Waals surface area contributed by atoms with Crippen molar-refractivity contribution >= 4 is 39.8 Å². The number of non-ortho nitro benzene ring substituents is 2. The lowest BCUT2D eigenvalue weighted by molar-refractivity contribution is -0.394. The van der Waals surface area contributed by atoms with Crippen LogP contribution in [0.1, 0.15) is 32.4 Å². The van der Waals surface area contributed by atoms with E-state index in [9.17, 15) is 25.0 Å². The number of rotatable bonds is 4. The zero-order chi connectivity index (χ0) is 21.7. The van der Waals surface area contributed by atoms with Crippen LogP contribution in [0.3, 0.4) is 0 Å². The SMILES string of the molecule is O=C(c1cc([N+](=O)[O-])cc([N+](=O)[O-])c1)N1CCSC1c1ccc2c3c(cccc13)CC2. The number of nitro groups is 2. The molecule has 1 amide bonds. The maximum Gasteiger partial charge on any atom is 0.277 e. The van der Waals surface area contributed by atoms with Crippen molar-refractivity contribution in [1.82, 2.24) is 4.90 Å². The molecule has 0 bridgehead atoms. The van der Waals surface area contributed by atoms with E-state index in [0.717, 1.165) is 47.7 Å². The van der Waals surface area contributed by atoms with Crippen molar-refractivity contribution in [1.29, 1.82) is 0 Å². The molecule has 1 heterocycles. The van der Waals surface area contributed by atoms with Gasteiger partial charge in [0.25, 0.3) is 17.3 Å². The van der Waals surface area contributed by atoms with Gasteiger partial charge in [0.1, 0.15) is 5.37 Å². The Hall–Kier alpha value is -3.46. The predicted octanol–water partition coefficient (Wildman–Crippen LogP) is 4.64. The fourth-order valence-electron chi connectivity index (χ4n) is 4.52. The van der Waals surface area contributed by atoms with Gasteiger partial charge in [-0.3, -0.25) is 25.0 Å². The molecule has 0 aromatic heterocycles. The van der Waals surface area contributed by atoms with Crippen LogP contribution in [0.2, 0.25) is 0 Å². The third kappa shape index (κ3) is 3.21. The molecule has 5 rings (SSSR count). The van der Waals surface area contributed by atoms with E-state index in [0.29, 0.717) is 6.54 Å². The Kier molecular flexibility index (Phi) is 4.62. The second-order valence-electron chi connectivity index (χ2n) is 7.63. The Morgan fingerprint density at radius 1 is 0.968 bits per heavy atom.